The molecule has 0 amide bonds. The topological polar surface area (TPSA) is 30.2 Å². The van der Waals surface area contributed by atoms with Crippen LogP contribution < -0.4 is 0 Å². The maximum absolute atomic E-state index is 13.1. The van der Waals surface area contributed by atoms with Gasteiger partial charge in [0.25, 0.3) is 0 Å². The van der Waals surface area contributed by atoms with E-state index in [2.05, 4.69) is 21.0 Å². The van der Waals surface area contributed by atoms with E-state index in [4.69, 9.17) is 4.98 Å². The minimum atomic E-state index is -0.228. The van der Waals surface area contributed by atoms with E-state index in [9.17, 15) is 4.39 Å². The zero-order valence-electron chi connectivity index (χ0n) is 13.3. The molecule has 0 bridgehead atoms. The fraction of sp³-hybridized carbons (Fsp3) is 0.0526. The van der Waals surface area contributed by atoms with Crippen molar-refractivity contribution in [2.75, 3.05) is 6.26 Å². The molecule has 0 aliphatic carbocycles. The highest BCUT2D eigenvalue weighted by Gasteiger charge is 2.11. The molecule has 0 N–H and O–H groups in total. The van der Waals surface area contributed by atoms with Gasteiger partial charge in [-0.15, -0.1) is 0 Å². The summed E-state index contributed by atoms with van der Waals surface area (Å²) in [5.41, 5.74) is 4.93. The molecular weight excluding hydrogens is 401 g/mol. The second-order valence-corrected chi connectivity index (χ2v) is 7.13. The average molecular weight is 414 g/mol. The number of rotatable bonds is 3. The number of thioether (sulfide) groups is 1. The smallest absolute Gasteiger partial charge is 0.189 e. The number of fused-ring (bicyclic) bond motifs is 1. The van der Waals surface area contributed by atoms with E-state index in [0.717, 1.165) is 37.5 Å². The molecule has 0 radical (unpaired) electrons. The first-order chi connectivity index (χ1) is 12.2. The summed E-state index contributed by atoms with van der Waals surface area (Å²) in [4.78, 5) is 4.71. The van der Waals surface area contributed by atoms with Crippen molar-refractivity contribution < 1.29 is 4.39 Å². The molecule has 2 aromatic heterocycles. The lowest BCUT2D eigenvalue weighted by Gasteiger charge is -2.08. The lowest BCUT2D eigenvalue weighted by Crippen LogP contribution is -1.97. The molecule has 0 saturated heterocycles. The molecule has 2 heterocycles. The van der Waals surface area contributed by atoms with E-state index in [1.165, 1.54) is 12.1 Å². The van der Waals surface area contributed by atoms with Crippen LogP contribution in [0.3, 0.4) is 0 Å². The normalized spacial score (nSPS) is 11.2. The number of hydrogen-bond donors (Lipinski definition) is 0. The Morgan fingerprint density at radius 2 is 1.56 bits per heavy atom. The summed E-state index contributed by atoms with van der Waals surface area (Å²) in [6, 6.07) is 16.6. The summed E-state index contributed by atoms with van der Waals surface area (Å²) < 4.78 is 15.8. The SMILES string of the molecule is CSc1nc(-c2ccc(-c3ccc(F)cc3)cc2)cc2c(Br)cnn12. The highest BCUT2D eigenvalue weighted by Crippen LogP contribution is 2.29. The molecule has 0 unspecified atom stereocenters. The van der Waals surface area contributed by atoms with Gasteiger partial charge in [0, 0.05) is 5.56 Å². The standard InChI is InChI=1S/C19H13BrFN3S/c1-25-19-23-17(10-18-16(20)11-22-24(18)19)14-4-2-12(3-5-14)13-6-8-15(21)9-7-13/h2-11H,1H3. The van der Waals surface area contributed by atoms with Crippen LogP contribution >= 0.6 is 27.7 Å². The Bertz CT molecular complexity index is 1040. The maximum atomic E-state index is 13.1. The van der Waals surface area contributed by atoms with Crippen LogP contribution in [0.5, 0.6) is 0 Å². The Morgan fingerprint density at radius 3 is 2.20 bits per heavy atom. The number of benzene rings is 2. The fourth-order valence-electron chi connectivity index (χ4n) is 2.69. The van der Waals surface area contributed by atoms with Crippen LogP contribution in [-0.4, -0.2) is 20.9 Å². The molecule has 0 saturated carbocycles. The summed E-state index contributed by atoms with van der Waals surface area (Å²) in [5, 5.41) is 5.17. The van der Waals surface area contributed by atoms with Crippen molar-refractivity contribution >= 4 is 33.2 Å². The summed E-state index contributed by atoms with van der Waals surface area (Å²) in [6.45, 7) is 0. The summed E-state index contributed by atoms with van der Waals surface area (Å²) >= 11 is 5.09. The van der Waals surface area contributed by atoms with Crippen LogP contribution in [0, 0.1) is 5.82 Å². The predicted molar refractivity (Wildman–Crippen MR) is 103 cm³/mol. The summed E-state index contributed by atoms with van der Waals surface area (Å²) in [6.07, 6.45) is 3.76. The predicted octanol–water partition coefficient (Wildman–Crippen LogP) is 5.69. The average Bonchev–Trinajstić information content (AvgIpc) is 3.03. The monoisotopic (exact) mass is 413 g/mol. The largest absolute Gasteiger partial charge is 0.222 e. The van der Waals surface area contributed by atoms with Crippen molar-refractivity contribution in [3.8, 4) is 22.4 Å². The highest BCUT2D eigenvalue weighted by atomic mass is 79.9. The van der Waals surface area contributed by atoms with Crippen LogP contribution in [0.15, 0.2) is 70.4 Å². The number of aromatic nitrogens is 3. The Labute approximate surface area is 157 Å². The first kappa shape index (κ1) is 16.3. The molecule has 0 aliphatic rings. The number of halogens is 2. The second kappa shape index (κ2) is 6.61. The van der Waals surface area contributed by atoms with Gasteiger partial charge in [0.2, 0.25) is 0 Å². The Kier molecular flexibility index (Phi) is 4.31. The van der Waals surface area contributed by atoms with Gasteiger partial charge in [-0.1, -0.05) is 48.2 Å². The van der Waals surface area contributed by atoms with Crippen molar-refractivity contribution in [2.45, 2.75) is 5.16 Å². The quantitative estimate of drug-likeness (QED) is 0.319. The molecule has 124 valence electrons. The number of hydrogen-bond acceptors (Lipinski definition) is 3. The minimum absolute atomic E-state index is 0.228. The van der Waals surface area contributed by atoms with Crippen LogP contribution in [0.1, 0.15) is 0 Å². The lowest BCUT2D eigenvalue weighted by molar-refractivity contribution is 0.628. The highest BCUT2D eigenvalue weighted by molar-refractivity contribution is 9.10. The van der Waals surface area contributed by atoms with Gasteiger partial charge in [0.05, 0.1) is 21.9 Å². The van der Waals surface area contributed by atoms with Gasteiger partial charge < -0.3 is 0 Å². The third kappa shape index (κ3) is 3.07. The molecule has 0 fully saturated rings. The zero-order valence-corrected chi connectivity index (χ0v) is 15.7. The summed E-state index contributed by atoms with van der Waals surface area (Å²) in [5.74, 6) is -0.228. The molecule has 0 aliphatic heterocycles. The Balaban J connectivity index is 1.76. The van der Waals surface area contributed by atoms with Gasteiger partial charge >= 0.3 is 0 Å². The third-order valence-electron chi connectivity index (χ3n) is 3.97. The molecule has 3 nitrogen and oxygen atoms in total. The van der Waals surface area contributed by atoms with Gasteiger partial charge in [0.15, 0.2) is 5.16 Å². The van der Waals surface area contributed by atoms with E-state index in [-0.39, 0.29) is 5.82 Å². The minimum Gasteiger partial charge on any atom is -0.222 e. The molecule has 25 heavy (non-hydrogen) atoms. The second-order valence-electron chi connectivity index (χ2n) is 5.50. The molecule has 0 spiro atoms. The Hall–Kier alpha value is -2.18. The van der Waals surface area contributed by atoms with Gasteiger partial charge in [-0.25, -0.2) is 13.9 Å². The van der Waals surface area contributed by atoms with E-state index < -0.39 is 0 Å². The molecule has 4 aromatic rings. The van der Waals surface area contributed by atoms with Crippen LogP contribution in [0.25, 0.3) is 27.9 Å². The lowest BCUT2D eigenvalue weighted by atomic mass is 10.0. The van der Waals surface area contributed by atoms with Crippen LogP contribution in [0.4, 0.5) is 4.39 Å². The van der Waals surface area contributed by atoms with Gasteiger partial charge in [-0.2, -0.15) is 5.10 Å². The molecule has 2 aromatic carbocycles. The van der Waals surface area contributed by atoms with E-state index >= 15 is 0 Å². The fourth-order valence-corrected chi connectivity index (χ4v) is 3.57. The molecule has 4 rings (SSSR count). The first-order valence-corrected chi connectivity index (χ1v) is 9.62. The number of nitrogens with zero attached hydrogens (tertiary/aromatic N) is 3. The van der Waals surface area contributed by atoms with E-state index in [1.807, 2.05) is 41.1 Å². The zero-order chi connectivity index (χ0) is 17.4. The molecule has 0 atom stereocenters. The van der Waals surface area contributed by atoms with Crippen molar-refractivity contribution in [1.29, 1.82) is 0 Å². The van der Waals surface area contributed by atoms with Gasteiger partial charge in [-0.3, -0.25) is 0 Å². The van der Waals surface area contributed by atoms with Crippen molar-refractivity contribution in [3.05, 3.63) is 71.1 Å². The Morgan fingerprint density at radius 1 is 0.960 bits per heavy atom. The van der Waals surface area contributed by atoms with Crippen LogP contribution in [-0.2, 0) is 0 Å². The third-order valence-corrected chi connectivity index (χ3v) is 5.21. The van der Waals surface area contributed by atoms with Gasteiger partial charge in [-0.05, 0) is 51.5 Å². The summed E-state index contributed by atoms with van der Waals surface area (Å²) in [7, 11) is 0. The first-order valence-electron chi connectivity index (χ1n) is 7.60. The van der Waals surface area contributed by atoms with Crippen molar-refractivity contribution in [3.63, 3.8) is 0 Å². The van der Waals surface area contributed by atoms with Crippen LogP contribution in [0.2, 0.25) is 0 Å². The van der Waals surface area contributed by atoms with Crippen molar-refractivity contribution in [1.82, 2.24) is 14.6 Å². The van der Waals surface area contributed by atoms with Crippen molar-refractivity contribution in [2.24, 2.45) is 0 Å². The molecule has 6 heteroatoms. The maximum Gasteiger partial charge on any atom is 0.189 e. The van der Waals surface area contributed by atoms with Gasteiger partial charge in [0.1, 0.15) is 5.82 Å². The van der Waals surface area contributed by atoms with E-state index in [0.29, 0.717) is 0 Å². The molecular formula is C19H13BrFN3S. The van der Waals surface area contributed by atoms with E-state index in [1.54, 1.807) is 30.1 Å².